The number of aromatic nitrogens is 1. The van der Waals surface area contributed by atoms with E-state index in [1.54, 1.807) is 12.3 Å². The molecule has 0 saturated carbocycles. The van der Waals surface area contributed by atoms with Crippen molar-refractivity contribution in [3.05, 3.63) is 24.0 Å². The van der Waals surface area contributed by atoms with Gasteiger partial charge in [-0.3, -0.25) is 9.78 Å². The topological polar surface area (TPSA) is 85.2 Å². The normalized spacial score (nSPS) is 21.7. The summed E-state index contributed by atoms with van der Waals surface area (Å²) in [6.45, 7) is 2.99. The summed E-state index contributed by atoms with van der Waals surface area (Å²) in [6.07, 6.45) is 5.07. The Morgan fingerprint density at radius 2 is 2.33 bits per heavy atom. The first-order valence-electron chi connectivity index (χ1n) is 6.37. The molecule has 1 fully saturated rings. The molecule has 18 heavy (non-hydrogen) atoms. The maximum absolute atomic E-state index is 11.2. The van der Waals surface area contributed by atoms with Gasteiger partial charge in [0.25, 0.3) is 5.91 Å². The van der Waals surface area contributed by atoms with Gasteiger partial charge in [-0.25, -0.2) is 0 Å². The highest BCUT2D eigenvalue weighted by Crippen LogP contribution is 2.26. The molecule has 2 atom stereocenters. The van der Waals surface area contributed by atoms with Crippen LogP contribution in [0.15, 0.2) is 18.3 Å². The number of carbonyl (C=O) groups excluding carboxylic acids is 1. The van der Waals surface area contributed by atoms with E-state index in [-0.39, 0.29) is 6.04 Å². The Morgan fingerprint density at radius 1 is 1.56 bits per heavy atom. The van der Waals surface area contributed by atoms with Crippen molar-refractivity contribution in [2.45, 2.75) is 38.3 Å². The fourth-order valence-electron chi connectivity index (χ4n) is 2.56. The lowest BCUT2D eigenvalue weighted by atomic mass is 9.96. The molecule has 1 saturated heterocycles. The average molecular weight is 248 g/mol. The summed E-state index contributed by atoms with van der Waals surface area (Å²) in [7, 11) is 0. The van der Waals surface area contributed by atoms with Crippen molar-refractivity contribution in [2.24, 2.45) is 11.5 Å². The molecule has 1 aliphatic rings. The van der Waals surface area contributed by atoms with Crippen LogP contribution in [0.1, 0.15) is 36.7 Å². The molecule has 2 unspecified atom stereocenters. The first-order valence-corrected chi connectivity index (χ1v) is 6.37. The number of hydrogen-bond acceptors (Lipinski definition) is 4. The van der Waals surface area contributed by atoms with E-state index >= 15 is 0 Å². The van der Waals surface area contributed by atoms with E-state index in [0.29, 0.717) is 11.7 Å². The first-order chi connectivity index (χ1) is 8.59. The van der Waals surface area contributed by atoms with Crippen molar-refractivity contribution >= 4 is 11.6 Å². The number of primary amides is 1. The van der Waals surface area contributed by atoms with Crippen molar-refractivity contribution in [3.8, 4) is 0 Å². The molecule has 0 spiro atoms. The summed E-state index contributed by atoms with van der Waals surface area (Å²) in [5, 5.41) is 0. The van der Waals surface area contributed by atoms with Crippen molar-refractivity contribution in [1.82, 2.24) is 4.98 Å². The van der Waals surface area contributed by atoms with Crippen LogP contribution in [-0.2, 0) is 0 Å². The minimum atomic E-state index is -0.494. The van der Waals surface area contributed by atoms with Crippen LogP contribution in [0.3, 0.4) is 0 Å². The fourth-order valence-corrected chi connectivity index (χ4v) is 2.56. The molecule has 98 valence electrons. The standard InChI is InChI=1S/C13H20N4O/c1-9(14)12-4-2-3-7-17(12)10-5-6-16-11(8-10)13(15)18/h5-6,8-9,12H,2-4,7,14H2,1H3,(H2,15,18). The van der Waals surface area contributed by atoms with E-state index in [1.165, 1.54) is 6.42 Å². The number of piperidine rings is 1. The molecule has 1 aliphatic heterocycles. The van der Waals surface area contributed by atoms with Gasteiger partial charge in [0, 0.05) is 30.5 Å². The van der Waals surface area contributed by atoms with Crippen LogP contribution in [-0.4, -0.2) is 29.5 Å². The molecule has 5 nitrogen and oxygen atoms in total. The largest absolute Gasteiger partial charge is 0.367 e. The van der Waals surface area contributed by atoms with Gasteiger partial charge in [-0.05, 0) is 38.3 Å². The Balaban J connectivity index is 2.28. The Hall–Kier alpha value is -1.62. The summed E-state index contributed by atoms with van der Waals surface area (Å²) in [4.78, 5) is 17.4. The zero-order chi connectivity index (χ0) is 13.1. The van der Waals surface area contributed by atoms with Gasteiger partial charge >= 0.3 is 0 Å². The smallest absolute Gasteiger partial charge is 0.267 e. The van der Waals surface area contributed by atoms with Gasteiger partial charge in [0.15, 0.2) is 0 Å². The Kier molecular flexibility index (Phi) is 3.81. The number of nitrogens with two attached hydrogens (primary N) is 2. The third-order valence-corrected chi connectivity index (χ3v) is 3.48. The van der Waals surface area contributed by atoms with Gasteiger partial charge in [-0.1, -0.05) is 0 Å². The highest BCUT2D eigenvalue weighted by molar-refractivity contribution is 5.91. The predicted molar refractivity (Wildman–Crippen MR) is 71.4 cm³/mol. The minimum absolute atomic E-state index is 0.107. The minimum Gasteiger partial charge on any atom is -0.367 e. The van der Waals surface area contributed by atoms with E-state index in [0.717, 1.165) is 25.1 Å². The van der Waals surface area contributed by atoms with Crippen molar-refractivity contribution < 1.29 is 4.79 Å². The lowest BCUT2D eigenvalue weighted by Gasteiger charge is -2.39. The van der Waals surface area contributed by atoms with E-state index in [2.05, 4.69) is 9.88 Å². The van der Waals surface area contributed by atoms with Crippen LogP contribution in [0.25, 0.3) is 0 Å². The van der Waals surface area contributed by atoms with Gasteiger partial charge in [0.2, 0.25) is 0 Å². The highest BCUT2D eigenvalue weighted by atomic mass is 16.1. The zero-order valence-corrected chi connectivity index (χ0v) is 10.7. The first kappa shape index (κ1) is 12.8. The maximum Gasteiger partial charge on any atom is 0.267 e. The molecule has 0 bridgehead atoms. The molecular weight excluding hydrogens is 228 g/mol. The second-order valence-electron chi connectivity index (χ2n) is 4.88. The average Bonchev–Trinajstić information content (AvgIpc) is 2.39. The van der Waals surface area contributed by atoms with E-state index < -0.39 is 5.91 Å². The lowest BCUT2D eigenvalue weighted by Crippen LogP contribution is -2.49. The third kappa shape index (κ3) is 2.61. The van der Waals surface area contributed by atoms with Crippen LogP contribution in [0.2, 0.25) is 0 Å². The lowest BCUT2D eigenvalue weighted by molar-refractivity contribution is 0.0995. The number of hydrogen-bond donors (Lipinski definition) is 2. The number of carbonyl (C=O) groups is 1. The van der Waals surface area contributed by atoms with Crippen LogP contribution in [0.5, 0.6) is 0 Å². The second kappa shape index (κ2) is 5.35. The van der Waals surface area contributed by atoms with Gasteiger partial charge in [0.05, 0.1) is 0 Å². The Bertz CT molecular complexity index is 433. The molecule has 0 radical (unpaired) electrons. The molecule has 2 heterocycles. The maximum atomic E-state index is 11.2. The molecule has 2 rings (SSSR count). The van der Waals surface area contributed by atoms with Crippen LogP contribution in [0, 0.1) is 0 Å². The fraction of sp³-hybridized carbons (Fsp3) is 0.538. The van der Waals surface area contributed by atoms with Crippen LogP contribution >= 0.6 is 0 Å². The van der Waals surface area contributed by atoms with Crippen molar-refractivity contribution in [2.75, 3.05) is 11.4 Å². The molecule has 1 amide bonds. The summed E-state index contributed by atoms with van der Waals surface area (Å²) in [5.74, 6) is -0.494. The van der Waals surface area contributed by atoms with Gasteiger partial charge < -0.3 is 16.4 Å². The summed E-state index contributed by atoms with van der Waals surface area (Å²) in [6, 6.07) is 4.09. The number of anilines is 1. The molecule has 5 heteroatoms. The molecule has 4 N–H and O–H groups in total. The monoisotopic (exact) mass is 248 g/mol. The van der Waals surface area contributed by atoms with Crippen molar-refractivity contribution in [1.29, 1.82) is 0 Å². The molecule has 0 aromatic carbocycles. The molecular formula is C13H20N4O. The molecule has 0 aliphatic carbocycles. The summed E-state index contributed by atoms with van der Waals surface area (Å²) in [5.41, 5.74) is 12.6. The number of pyridine rings is 1. The van der Waals surface area contributed by atoms with Crippen molar-refractivity contribution in [3.63, 3.8) is 0 Å². The number of rotatable bonds is 3. The van der Waals surface area contributed by atoms with E-state index in [4.69, 9.17) is 11.5 Å². The molecule has 1 aromatic heterocycles. The van der Waals surface area contributed by atoms with Gasteiger partial charge in [-0.2, -0.15) is 0 Å². The van der Waals surface area contributed by atoms with Gasteiger partial charge in [-0.15, -0.1) is 0 Å². The second-order valence-corrected chi connectivity index (χ2v) is 4.88. The summed E-state index contributed by atoms with van der Waals surface area (Å²) >= 11 is 0. The SMILES string of the molecule is CC(N)C1CCCCN1c1ccnc(C(N)=O)c1. The van der Waals surface area contributed by atoms with E-state index in [1.807, 2.05) is 13.0 Å². The van der Waals surface area contributed by atoms with E-state index in [9.17, 15) is 4.79 Å². The Morgan fingerprint density at radius 3 is 3.00 bits per heavy atom. The quantitative estimate of drug-likeness (QED) is 0.831. The summed E-state index contributed by atoms with van der Waals surface area (Å²) < 4.78 is 0. The van der Waals surface area contributed by atoms with Crippen LogP contribution < -0.4 is 16.4 Å². The number of amides is 1. The zero-order valence-electron chi connectivity index (χ0n) is 10.7. The Labute approximate surface area is 107 Å². The number of nitrogens with zero attached hydrogens (tertiary/aromatic N) is 2. The van der Waals surface area contributed by atoms with Crippen LogP contribution in [0.4, 0.5) is 5.69 Å². The molecule has 1 aromatic rings. The van der Waals surface area contributed by atoms with Gasteiger partial charge in [0.1, 0.15) is 5.69 Å². The third-order valence-electron chi connectivity index (χ3n) is 3.48. The highest BCUT2D eigenvalue weighted by Gasteiger charge is 2.25. The predicted octanol–water partition coefficient (Wildman–Crippen LogP) is 0.887.